The van der Waals surface area contributed by atoms with Crippen LogP contribution in [0.3, 0.4) is 0 Å². The standard InChI is InChI=1S/C23H19N5O5/c1-14-6-3-7-15(12-14)26-18(29)13-27-19-16(8-4-10-24-19)21(30)28(23(27)32)20-17(22(31)33-2)9-5-11-25-20/h3-12H,13H2,1-2H3,(H,26,29). The number of esters is 1. The van der Waals surface area contributed by atoms with Crippen LogP contribution in [0.5, 0.6) is 0 Å². The molecule has 0 aliphatic carbocycles. The molecule has 33 heavy (non-hydrogen) atoms. The summed E-state index contributed by atoms with van der Waals surface area (Å²) in [5, 5.41) is 2.82. The number of ether oxygens (including phenoxy) is 1. The highest BCUT2D eigenvalue weighted by Gasteiger charge is 2.22. The maximum atomic E-state index is 13.4. The summed E-state index contributed by atoms with van der Waals surface area (Å²) >= 11 is 0. The van der Waals surface area contributed by atoms with E-state index >= 15 is 0 Å². The SMILES string of the molecule is COC(=O)c1cccnc1-n1c(=O)c2cccnc2n(CC(=O)Nc2cccc(C)c2)c1=O. The second-order valence-corrected chi connectivity index (χ2v) is 7.17. The molecular weight excluding hydrogens is 426 g/mol. The molecule has 10 nitrogen and oxygen atoms in total. The highest BCUT2D eigenvalue weighted by molar-refractivity contribution is 5.93. The normalized spacial score (nSPS) is 10.7. The number of carbonyl (C=O) groups is 2. The minimum Gasteiger partial charge on any atom is -0.465 e. The van der Waals surface area contributed by atoms with Gasteiger partial charge in [0.1, 0.15) is 17.8 Å². The highest BCUT2D eigenvalue weighted by atomic mass is 16.5. The number of pyridine rings is 2. The lowest BCUT2D eigenvalue weighted by Gasteiger charge is -2.14. The van der Waals surface area contributed by atoms with Crippen LogP contribution in [0.4, 0.5) is 5.69 Å². The minimum atomic E-state index is -0.866. The van der Waals surface area contributed by atoms with Gasteiger partial charge in [0.15, 0.2) is 5.82 Å². The summed E-state index contributed by atoms with van der Waals surface area (Å²) in [5.41, 5.74) is -0.0962. The molecule has 1 aromatic carbocycles. The number of anilines is 1. The first-order valence-electron chi connectivity index (χ1n) is 9.91. The molecule has 3 heterocycles. The molecule has 1 N–H and O–H groups in total. The van der Waals surface area contributed by atoms with Crippen LogP contribution >= 0.6 is 0 Å². The summed E-state index contributed by atoms with van der Waals surface area (Å²) in [5.74, 6) is -1.45. The van der Waals surface area contributed by atoms with Gasteiger partial charge in [-0.05, 0) is 48.9 Å². The molecule has 0 atom stereocenters. The van der Waals surface area contributed by atoms with Crippen molar-refractivity contribution in [3.63, 3.8) is 0 Å². The number of hydrogen-bond acceptors (Lipinski definition) is 7. The van der Waals surface area contributed by atoms with Gasteiger partial charge < -0.3 is 10.1 Å². The van der Waals surface area contributed by atoms with Gasteiger partial charge in [-0.3, -0.25) is 14.2 Å². The Kier molecular flexibility index (Phi) is 5.81. The van der Waals surface area contributed by atoms with Gasteiger partial charge in [0.25, 0.3) is 5.56 Å². The van der Waals surface area contributed by atoms with E-state index in [1.807, 2.05) is 13.0 Å². The van der Waals surface area contributed by atoms with Gasteiger partial charge in [0.05, 0.1) is 12.5 Å². The lowest BCUT2D eigenvalue weighted by molar-refractivity contribution is -0.116. The second-order valence-electron chi connectivity index (χ2n) is 7.17. The number of benzene rings is 1. The van der Waals surface area contributed by atoms with Gasteiger partial charge in [0.2, 0.25) is 5.91 Å². The van der Waals surface area contributed by atoms with Crippen LogP contribution in [0.2, 0.25) is 0 Å². The Morgan fingerprint density at radius 3 is 2.55 bits per heavy atom. The number of aromatic nitrogens is 4. The molecule has 4 rings (SSSR count). The van der Waals surface area contributed by atoms with E-state index in [0.717, 1.165) is 14.7 Å². The van der Waals surface area contributed by atoms with Crippen molar-refractivity contribution in [3.8, 4) is 5.82 Å². The third-order valence-electron chi connectivity index (χ3n) is 4.91. The molecule has 0 radical (unpaired) electrons. The summed E-state index contributed by atoms with van der Waals surface area (Å²) in [4.78, 5) is 59.8. The van der Waals surface area contributed by atoms with Crippen molar-refractivity contribution in [1.29, 1.82) is 0 Å². The number of nitrogens with zero attached hydrogens (tertiary/aromatic N) is 4. The third-order valence-corrected chi connectivity index (χ3v) is 4.91. The fourth-order valence-electron chi connectivity index (χ4n) is 3.44. The van der Waals surface area contributed by atoms with E-state index in [1.54, 1.807) is 18.2 Å². The number of methoxy groups -OCH3 is 1. The van der Waals surface area contributed by atoms with Crippen molar-refractivity contribution >= 4 is 28.6 Å². The molecular formula is C23H19N5O5. The summed E-state index contributed by atoms with van der Waals surface area (Å²) in [6.45, 7) is 1.47. The molecule has 0 unspecified atom stereocenters. The van der Waals surface area contributed by atoms with Gasteiger partial charge >= 0.3 is 11.7 Å². The Morgan fingerprint density at radius 1 is 1.03 bits per heavy atom. The molecule has 0 saturated heterocycles. The smallest absolute Gasteiger partial charge is 0.341 e. The molecule has 0 saturated carbocycles. The molecule has 4 aromatic rings. The van der Waals surface area contributed by atoms with E-state index in [1.165, 1.54) is 43.8 Å². The molecule has 1 amide bonds. The van der Waals surface area contributed by atoms with Gasteiger partial charge in [-0.25, -0.2) is 24.1 Å². The maximum absolute atomic E-state index is 13.4. The first-order valence-corrected chi connectivity index (χ1v) is 9.91. The van der Waals surface area contributed by atoms with Crippen LogP contribution in [0.1, 0.15) is 15.9 Å². The molecule has 166 valence electrons. The molecule has 0 spiro atoms. The Labute approximate surface area is 187 Å². The van der Waals surface area contributed by atoms with Crippen LogP contribution in [0.15, 0.2) is 70.5 Å². The van der Waals surface area contributed by atoms with E-state index in [9.17, 15) is 19.2 Å². The summed E-state index contributed by atoms with van der Waals surface area (Å²) in [6, 6.07) is 13.1. The van der Waals surface area contributed by atoms with Crippen LogP contribution in [-0.2, 0) is 16.1 Å². The summed E-state index contributed by atoms with van der Waals surface area (Å²) in [6.07, 6.45) is 2.76. The number of nitrogens with one attached hydrogen (secondary N) is 1. The molecule has 10 heteroatoms. The highest BCUT2D eigenvalue weighted by Crippen LogP contribution is 2.13. The zero-order chi connectivity index (χ0) is 23.5. The molecule has 0 aliphatic rings. The lowest BCUT2D eigenvalue weighted by Crippen LogP contribution is -2.42. The Bertz CT molecular complexity index is 1510. The lowest BCUT2D eigenvalue weighted by atomic mass is 10.2. The quantitative estimate of drug-likeness (QED) is 0.463. The van der Waals surface area contributed by atoms with E-state index in [2.05, 4.69) is 15.3 Å². The number of fused-ring (bicyclic) bond motifs is 1. The zero-order valence-corrected chi connectivity index (χ0v) is 17.8. The van der Waals surface area contributed by atoms with Crippen LogP contribution < -0.4 is 16.6 Å². The van der Waals surface area contributed by atoms with Crippen molar-refractivity contribution in [2.45, 2.75) is 13.5 Å². The molecule has 0 bridgehead atoms. The van der Waals surface area contributed by atoms with Crippen LogP contribution in [-0.4, -0.2) is 38.1 Å². The van der Waals surface area contributed by atoms with Crippen LogP contribution in [0, 0.1) is 6.92 Å². The average molecular weight is 445 g/mol. The van der Waals surface area contributed by atoms with Crippen molar-refractivity contribution in [1.82, 2.24) is 19.1 Å². The monoisotopic (exact) mass is 445 g/mol. The topological polar surface area (TPSA) is 125 Å². The Hall–Kier alpha value is -4.60. The Balaban J connectivity index is 1.88. The number of hydrogen-bond donors (Lipinski definition) is 1. The number of amides is 1. The maximum Gasteiger partial charge on any atom is 0.341 e. The van der Waals surface area contributed by atoms with Gasteiger partial charge in [-0.15, -0.1) is 0 Å². The van der Waals surface area contributed by atoms with Gasteiger partial charge in [-0.2, -0.15) is 0 Å². The predicted molar refractivity (Wildman–Crippen MR) is 121 cm³/mol. The minimum absolute atomic E-state index is 0.0405. The van der Waals surface area contributed by atoms with Crippen molar-refractivity contribution in [3.05, 3.63) is 92.9 Å². The molecule has 3 aromatic heterocycles. The number of aryl methyl sites for hydroxylation is 1. The van der Waals surface area contributed by atoms with Crippen molar-refractivity contribution < 1.29 is 14.3 Å². The van der Waals surface area contributed by atoms with Crippen molar-refractivity contribution in [2.75, 3.05) is 12.4 Å². The summed E-state index contributed by atoms with van der Waals surface area (Å²) < 4.78 is 6.57. The summed E-state index contributed by atoms with van der Waals surface area (Å²) in [7, 11) is 1.18. The van der Waals surface area contributed by atoms with Crippen molar-refractivity contribution in [2.24, 2.45) is 0 Å². The van der Waals surface area contributed by atoms with E-state index in [-0.39, 0.29) is 22.4 Å². The molecule has 0 aliphatic heterocycles. The largest absolute Gasteiger partial charge is 0.465 e. The first-order chi connectivity index (χ1) is 15.9. The fraction of sp³-hybridized carbons (Fsp3) is 0.130. The number of carbonyl (C=O) groups excluding carboxylic acids is 2. The van der Waals surface area contributed by atoms with Gasteiger partial charge in [0, 0.05) is 18.1 Å². The second kappa shape index (κ2) is 8.87. The average Bonchev–Trinajstić information content (AvgIpc) is 2.81. The Morgan fingerprint density at radius 2 is 1.79 bits per heavy atom. The third kappa shape index (κ3) is 4.13. The number of rotatable bonds is 5. The van der Waals surface area contributed by atoms with Crippen LogP contribution in [0.25, 0.3) is 16.9 Å². The zero-order valence-electron chi connectivity index (χ0n) is 17.8. The molecule has 0 fully saturated rings. The first kappa shape index (κ1) is 21.6. The van der Waals surface area contributed by atoms with E-state index in [0.29, 0.717) is 5.69 Å². The predicted octanol–water partition coefficient (Wildman–Crippen LogP) is 1.68. The van der Waals surface area contributed by atoms with E-state index in [4.69, 9.17) is 4.74 Å². The fourth-order valence-corrected chi connectivity index (χ4v) is 3.44. The van der Waals surface area contributed by atoms with E-state index < -0.39 is 29.7 Å². The van der Waals surface area contributed by atoms with Gasteiger partial charge in [-0.1, -0.05) is 12.1 Å².